The van der Waals surface area contributed by atoms with E-state index in [1.807, 2.05) is 30.3 Å². The molecule has 1 heterocycles. The van der Waals surface area contributed by atoms with E-state index in [9.17, 15) is 4.79 Å². The van der Waals surface area contributed by atoms with Crippen LogP contribution in [0.15, 0.2) is 30.3 Å². The van der Waals surface area contributed by atoms with Crippen LogP contribution in [-0.2, 0) is 20.8 Å². The lowest BCUT2D eigenvalue weighted by molar-refractivity contribution is -0.146. The Bertz CT molecular complexity index is 382. The van der Waals surface area contributed by atoms with Crippen molar-refractivity contribution in [2.45, 2.75) is 31.8 Å². The Morgan fingerprint density at radius 1 is 1.33 bits per heavy atom. The Kier molecular flexibility index (Phi) is 4.55. The molecule has 1 saturated heterocycles. The maximum absolute atomic E-state index is 10.5. The molecule has 0 aromatic heterocycles. The van der Waals surface area contributed by atoms with Crippen LogP contribution in [0.4, 0.5) is 4.79 Å². The van der Waals surface area contributed by atoms with Gasteiger partial charge in [-0.05, 0) is 12.0 Å². The Labute approximate surface area is 106 Å². The largest absolute Gasteiger partial charge is 0.447 e. The van der Waals surface area contributed by atoms with Crippen molar-refractivity contribution in [3.05, 3.63) is 35.9 Å². The summed E-state index contributed by atoms with van der Waals surface area (Å²) in [6.07, 6.45) is 0.504. The fourth-order valence-corrected chi connectivity index (χ4v) is 1.86. The first-order valence-electron chi connectivity index (χ1n) is 5.97. The van der Waals surface area contributed by atoms with Crippen LogP contribution in [0.25, 0.3) is 0 Å². The molecule has 1 amide bonds. The molecule has 0 saturated carbocycles. The molecule has 0 bridgehead atoms. The first-order chi connectivity index (χ1) is 8.74. The number of benzene rings is 1. The summed E-state index contributed by atoms with van der Waals surface area (Å²) in [4.78, 5) is 10.5. The van der Waals surface area contributed by atoms with E-state index in [1.54, 1.807) is 0 Å². The van der Waals surface area contributed by atoms with Gasteiger partial charge in [-0.1, -0.05) is 30.3 Å². The fraction of sp³-hybridized carbons (Fsp3) is 0.462. The molecule has 0 radical (unpaired) electrons. The molecule has 2 rings (SSSR count). The van der Waals surface area contributed by atoms with E-state index in [0.717, 1.165) is 18.4 Å². The third kappa shape index (κ3) is 4.01. The molecular weight excluding hydrogens is 234 g/mol. The molecule has 0 spiro atoms. The minimum absolute atomic E-state index is 0.113. The number of rotatable bonds is 5. The van der Waals surface area contributed by atoms with E-state index in [0.29, 0.717) is 6.61 Å². The third-order valence-corrected chi connectivity index (χ3v) is 2.76. The van der Waals surface area contributed by atoms with Crippen molar-refractivity contribution >= 4 is 6.09 Å². The predicted molar refractivity (Wildman–Crippen MR) is 64.7 cm³/mol. The molecule has 0 aliphatic carbocycles. The Balaban J connectivity index is 1.68. The molecule has 18 heavy (non-hydrogen) atoms. The van der Waals surface area contributed by atoms with Crippen molar-refractivity contribution in [2.24, 2.45) is 5.73 Å². The van der Waals surface area contributed by atoms with Gasteiger partial charge in [-0.25, -0.2) is 4.79 Å². The Hall–Kier alpha value is -1.59. The molecule has 5 nitrogen and oxygen atoms in total. The van der Waals surface area contributed by atoms with Crippen LogP contribution >= 0.6 is 0 Å². The Morgan fingerprint density at radius 2 is 2.11 bits per heavy atom. The number of nitrogens with two attached hydrogens (primary N) is 1. The Morgan fingerprint density at radius 3 is 2.83 bits per heavy atom. The van der Waals surface area contributed by atoms with Gasteiger partial charge in [0.15, 0.2) is 6.29 Å². The lowest BCUT2D eigenvalue weighted by atomic mass is 10.2. The summed E-state index contributed by atoms with van der Waals surface area (Å²) in [7, 11) is 0. The van der Waals surface area contributed by atoms with E-state index in [1.165, 1.54) is 0 Å². The van der Waals surface area contributed by atoms with E-state index < -0.39 is 6.09 Å². The van der Waals surface area contributed by atoms with Gasteiger partial charge in [-0.2, -0.15) is 0 Å². The zero-order valence-corrected chi connectivity index (χ0v) is 10.1. The second-order valence-electron chi connectivity index (χ2n) is 4.19. The number of hydrogen-bond donors (Lipinski definition) is 1. The molecule has 1 aliphatic rings. The predicted octanol–water partition coefficient (Wildman–Crippen LogP) is 1.80. The summed E-state index contributed by atoms with van der Waals surface area (Å²) < 4.78 is 15.9. The quantitative estimate of drug-likeness (QED) is 0.866. The molecule has 2 atom stereocenters. The lowest BCUT2D eigenvalue weighted by Gasteiger charge is -2.14. The molecule has 98 valence electrons. The highest BCUT2D eigenvalue weighted by Crippen LogP contribution is 2.21. The molecule has 1 aliphatic heterocycles. The van der Waals surface area contributed by atoms with Crippen LogP contribution in [-0.4, -0.2) is 25.1 Å². The number of amides is 1. The zero-order valence-electron chi connectivity index (χ0n) is 10.1. The van der Waals surface area contributed by atoms with E-state index in [4.69, 9.17) is 19.9 Å². The van der Waals surface area contributed by atoms with Gasteiger partial charge in [-0.3, -0.25) is 0 Å². The van der Waals surface area contributed by atoms with Gasteiger partial charge < -0.3 is 19.9 Å². The van der Waals surface area contributed by atoms with Gasteiger partial charge in [0.25, 0.3) is 0 Å². The lowest BCUT2D eigenvalue weighted by Crippen LogP contribution is -2.23. The topological polar surface area (TPSA) is 70.8 Å². The molecular formula is C13H17NO4. The van der Waals surface area contributed by atoms with E-state index in [2.05, 4.69) is 0 Å². The van der Waals surface area contributed by atoms with Gasteiger partial charge in [0, 0.05) is 6.42 Å². The summed E-state index contributed by atoms with van der Waals surface area (Å²) in [5.74, 6) is 0. The van der Waals surface area contributed by atoms with Crippen LogP contribution in [0.3, 0.4) is 0 Å². The van der Waals surface area contributed by atoms with Crippen LogP contribution in [0, 0.1) is 0 Å². The van der Waals surface area contributed by atoms with Crippen molar-refractivity contribution < 1.29 is 19.0 Å². The van der Waals surface area contributed by atoms with Gasteiger partial charge in [0.05, 0.1) is 12.7 Å². The van der Waals surface area contributed by atoms with Crippen molar-refractivity contribution in [3.8, 4) is 0 Å². The van der Waals surface area contributed by atoms with Gasteiger partial charge in [-0.15, -0.1) is 0 Å². The molecule has 1 fully saturated rings. The SMILES string of the molecule is NC(=O)OCC1CCC(OCc2ccccc2)O1. The van der Waals surface area contributed by atoms with Gasteiger partial charge in [0.2, 0.25) is 0 Å². The monoisotopic (exact) mass is 251 g/mol. The van der Waals surface area contributed by atoms with Crippen molar-refractivity contribution in [1.82, 2.24) is 0 Å². The number of primary amides is 1. The second kappa shape index (κ2) is 6.37. The molecule has 5 heteroatoms. The highest BCUT2D eigenvalue weighted by molar-refractivity contribution is 5.64. The van der Waals surface area contributed by atoms with Crippen LogP contribution in [0.2, 0.25) is 0 Å². The van der Waals surface area contributed by atoms with Crippen molar-refractivity contribution in [3.63, 3.8) is 0 Å². The van der Waals surface area contributed by atoms with Crippen molar-refractivity contribution in [1.29, 1.82) is 0 Å². The zero-order chi connectivity index (χ0) is 12.8. The van der Waals surface area contributed by atoms with Crippen LogP contribution in [0.5, 0.6) is 0 Å². The fourth-order valence-electron chi connectivity index (χ4n) is 1.86. The first kappa shape index (κ1) is 12.9. The normalized spacial score (nSPS) is 22.9. The average Bonchev–Trinajstić information content (AvgIpc) is 2.83. The minimum Gasteiger partial charge on any atom is -0.447 e. The number of carbonyl (C=O) groups excluding carboxylic acids is 1. The van der Waals surface area contributed by atoms with Gasteiger partial charge in [0.1, 0.15) is 6.61 Å². The molecule has 1 aromatic rings. The van der Waals surface area contributed by atoms with Crippen LogP contribution in [0.1, 0.15) is 18.4 Å². The number of carbonyl (C=O) groups is 1. The third-order valence-electron chi connectivity index (χ3n) is 2.76. The standard InChI is InChI=1S/C13H17NO4/c14-13(15)17-9-11-6-7-12(18-11)16-8-10-4-2-1-3-5-10/h1-5,11-12H,6-9H2,(H2,14,15). The highest BCUT2D eigenvalue weighted by Gasteiger charge is 2.26. The first-order valence-corrected chi connectivity index (χ1v) is 5.97. The van der Waals surface area contributed by atoms with E-state index in [-0.39, 0.29) is 19.0 Å². The van der Waals surface area contributed by atoms with Crippen LogP contribution < -0.4 is 5.73 Å². The van der Waals surface area contributed by atoms with Crippen molar-refractivity contribution in [2.75, 3.05) is 6.61 Å². The summed E-state index contributed by atoms with van der Waals surface area (Å²) in [5, 5.41) is 0. The van der Waals surface area contributed by atoms with E-state index >= 15 is 0 Å². The smallest absolute Gasteiger partial charge is 0.404 e. The minimum atomic E-state index is -0.771. The summed E-state index contributed by atoms with van der Waals surface area (Å²) in [5.41, 5.74) is 6.00. The average molecular weight is 251 g/mol. The molecule has 2 N–H and O–H groups in total. The number of hydrogen-bond acceptors (Lipinski definition) is 4. The number of ether oxygens (including phenoxy) is 3. The highest BCUT2D eigenvalue weighted by atomic mass is 16.7. The molecule has 2 unspecified atom stereocenters. The second-order valence-corrected chi connectivity index (χ2v) is 4.19. The summed E-state index contributed by atoms with van der Waals surface area (Å²) in [6.45, 7) is 0.718. The maximum Gasteiger partial charge on any atom is 0.404 e. The maximum atomic E-state index is 10.5. The summed E-state index contributed by atoms with van der Waals surface area (Å²) >= 11 is 0. The molecule has 1 aromatic carbocycles. The summed E-state index contributed by atoms with van der Waals surface area (Å²) in [6, 6.07) is 9.91. The van der Waals surface area contributed by atoms with Gasteiger partial charge >= 0.3 is 6.09 Å².